The highest BCUT2D eigenvalue weighted by molar-refractivity contribution is 7.16. The van der Waals surface area contributed by atoms with Crippen LogP contribution in [0.2, 0.25) is 0 Å². The van der Waals surface area contributed by atoms with Crippen LogP contribution < -0.4 is 5.32 Å². The van der Waals surface area contributed by atoms with Gasteiger partial charge in [-0.15, -0.1) is 11.3 Å². The Morgan fingerprint density at radius 1 is 1.23 bits per heavy atom. The summed E-state index contributed by atoms with van der Waals surface area (Å²) in [6, 6.07) is 6.34. The Kier molecular flexibility index (Phi) is 4.02. The van der Waals surface area contributed by atoms with Gasteiger partial charge in [0.2, 0.25) is 0 Å². The summed E-state index contributed by atoms with van der Waals surface area (Å²) in [5, 5.41) is 6.83. The lowest BCUT2D eigenvalue weighted by Crippen LogP contribution is -2.28. The van der Waals surface area contributed by atoms with Gasteiger partial charge < -0.3 is 14.9 Å². The van der Waals surface area contributed by atoms with Crippen LogP contribution in [0.4, 0.5) is 0 Å². The number of aryl methyl sites for hydroxylation is 2. The average Bonchev–Trinajstić information content (AvgIpc) is 3.39. The van der Waals surface area contributed by atoms with Crippen LogP contribution in [0.3, 0.4) is 0 Å². The molecule has 4 aromatic rings. The highest BCUT2D eigenvalue weighted by Gasteiger charge is 2.20. The molecule has 5 nitrogen and oxygen atoms in total. The average molecular weight is 366 g/mol. The quantitative estimate of drug-likeness (QED) is 0.566. The fourth-order valence-electron chi connectivity index (χ4n) is 4.13. The van der Waals surface area contributed by atoms with Crippen molar-refractivity contribution >= 4 is 32.6 Å². The molecule has 1 aliphatic heterocycles. The third-order valence-electron chi connectivity index (χ3n) is 5.54. The van der Waals surface area contributed by atoms with E-state index in [0.717, 1.165) is 53.1 Å². The maximum absolute atomic E-state index is 5.01. The van der Waals surface area contributed by atoms with Crippen LogP contribution in [-0.4, -0.2) is 32.6 Å². The highest BCUT2D eigenvalue weighted by Crippen LogP contribution is 2.33. The lowest BCUT2D eigenvalue weighted by Gasteiger charge is -2.23. The maximum Gasteiger partial charge on any atom is 0.157 e. The number of aromatic nitrogens is 4. The van der Waals surface area contributed by atoms with Gasteiger partial charge in [-0.1, -0.05) is 0 Å². The largest absolute Gasteiger partial charge is 0.359 e. The van der Waals surface area contributed by atoms with Crippen LogP contribution in [0.5, 0.6) is 0 Å². The number of hydrogen-bond acceptors (Lipinski definition) is 4. The number of pyridine rings is 1. The topological polar surface area (TPSA) is 58.5 Å². The Morgan fingerprint density at radius 2 is 2.12 bits per heavy atom. The number of piperidine rings is 1. The predicted molar refractivity (Wildman–Crippen MR) is 108 cm³/mol. The zero-order valence-corrected chi connectivity index (χ0v) is 15.8. The van der Waals surface area contributed by atoms with Crippen molar-refractivity contribution < 1.29 is 0 Å². The van der Waals surface area contributed by atoms with Crippen LogP contribution in [-0.2, 0) is 6.54 Å². The third-order valence-corrected chi connectivity index (χ3v) is 6.34. The number of aromatic amines is 1. The van der Waals surface area contributed by atoms with Crippen LogP contribution in [0, 0.1) is 12.8 Å². The van der Waals surface area contributed by atoms with Gasteiger partial charge in [-0.3, -0.25) is 0 Å². The summed E-state index contributed by atoms with van der Waals surface area (Å²) < 4.78 is 2.42. The van der Waals surface area contributed by atoms with Crippen LogP contribution in [0.25, 0.3) is 32.8 Å². The molecule has 1 fully saturated rings. The van der Waals surface area contributed by atoms with Crippen molar-refractivity contribution in [3.63, 3.8) is 0 Å². The first kappa shape index (κ1) is 16.0. The number of H-pyrrole nitrogens is 1. The predicted octanol–water partition coefficient (Wildman–Crippen LogP) is 4.34. The monoisotopic (exact) mass is 365 g/mol. The molecule has 134 valence electrons. The second-order valence-electron chi connectivity index (χ2n) is 7.19. The van der Waals surface area contributed by atoms with E-state index in [-0.39, 0.29) is 0 Å². The number of hydrogen-bond donors (Lipinski definition) is 2. The molecule has 0 bridgehead atoms. The minimum Gasteiger partial charge on any atom is -0.359 e. The molecule has 0 aromatic carbocycles. The molecule has 4 aromatic heterocycles. The molecule has 0 aliphatic carbocycles. The maximum atomic E-state index is 5.01. The molecule has 6 heteroatoms. The van der Waals surface area contributed by atoms with Crippen LogP contribution >= 0.6 is 11.3 Å². The molecule has 1 saturated heterocycles. The van der Waals surface area contributed by atoms with E-state index in [1.165, 1.54) is 30.2 Å². The second-order valence-corrected chi connectivity index (χ2v) is 8.08. The summed E-state index contributed by atoms with van der Waals surface area (Å²) >= 11 is 1.71. The number of fused-ring (bicyclic) bond motifs is 3. The van der Waals surface area contributed by atoms with Crippen molar-refractivity contribution in [3.05, 3.63) is 35.5 Å². The Bertz CT molecular complexity index is 1040. The Morgan fingerprint density at radius 3 is 2.92 bits per heavy atom. The van der Waals surface area contributed by atoms with E-state index in [1.807, 2.05) is 12.3 Å². The van der Waals surface area contributed by atoms with Gasteiger partial charge in [0.1, 0.15) is 10.3 Å². The Hall–Kier alpha value is -2.18. The van der Waals surface area contributed by atoms with Crippen molar-refractivity contribution in [3.8, 4) is 11.5 Å². The first-order valence-corrected chi connectivity index (χ1v) is 10.3. The molecule has 5 heterocycles. The van der Waals surface area contributed by atoms with Gasteiger partial charge in [-0.25, -0.2) is 9.97 Å². The molecule has 2 N–H and O–H groups in total. The lowest BCUT2D eigenvalue weighted by molar-refractivity contribution is 0.340. The van der Waals surface area contributed by atoms with Crippen LogP contribution in [0.1, 0.15) is 25.0 Å². The van der Waals surface area contributed by atoms with E-state index in [1.54, 1.807) is 11.3 Å². The first-order chi connectivity index (χ1) is 12.8. The Balaban J connectivity index is 1.65. The van der Waals surface area contributed by atoms with Crippen molar-refractivity contribution in [2.45, 2.75) is 32.7 Å². The number of nitrogens with one attached hydrogen (secondary N) is 2. The van der Waals surface area contributed by atoms with E-state index < -0.39 is 0 Å². The first-order valence-electron chi connectivity index (χ1n) is 9.40. The summed E-state index contributed by atoms with van der Waals surface area (Å²) in [6.07, 6.45) is 5.72. The van der Waals surface area contributed by atoms with Gasteiger partial charge in [0.25, 0.3) is 0 Å². The van der Waals surface area contributed by atoms with E-state index in [2.05, 4.69) is 39.3 Å². The van der Waals surface area contributed by atoms with Crippen molar-refractivity contribution in [1.29, 1.82) is 0 Å². The number of imidazole rings is 1. The smallest absolute Gasteiger partial charge is 0.157 e. The number of rotatable bonds is 4. The summed E-state index contributed by atoms with van der Waals surface area (Å²) in [4.78, 5) is 14.2. The summed E-state index contributed by atoms with van der Waals surface area (Å²) in [5.41, 5.74) is 4.37. The molecule has 1 aliphatic rings. The summed E-state index contributed by atoms with van der Waals surface area (Å²) in [5.74, 6) is 1.83. The van der Waals surface area contributed by atoms with E-state index in [9.17, 15) is 0 Å². The minimum atomic E-state index is 0.797. The zero-order chi connectivity index (χ0) is 17.5. The number of thiophene rings is 1. The fraction of sp³-hybridized carbons (Fsp3) is 0.400. The third kappa shape index (κ3) is 2.64. The van der Waals surface area contributed by atoms with Gasteiger partial charge in [0, 0.05) is 18.1 Å². The fourth-order valence-corrected chi connectivity index (χ4v) is 4.94. The normalized spacial score (nSPS) is 16.0. The molecule has 0 amide bonds. The van der Waals surface area contributed by atoms with E-state index >= 15 is 0 Å². The van der Waals surface area contributed by atoms with Gasteiger partial charge >= 0.3 is 0 Å². The van der Waals surface area contributed by atoms with Gasteiger partial charge in [-0.2, -0.15) is 0 Å². The molecule has 5 rings (SSSR count). The van der Waals surface area contributed by atoms with Crippen LogP contribution in [0.15, 0.2) is 29.8 Å². The summed E-state index contributed by atoms with van der Waals surface area (Å²) in [7, 11) is 0. The molecule has 26 heavy (non-hydrogen) atoms. The van der Waals surface area contributed by atoms with Gasteiger partial charge in [-0.05, 0) is 68.8 Å². The van der Waals surface area contributed by atoms with Gasteiger partial charge in [0.05, 0.1) is 16.9 Å². The molecule has 0 saturated carbocycles. The molecule has 0 spiro atoms. The highest BCUT2D eigenvalue weighted by atomic mass is 32.1. The van der Waals surface area contributed by atoms with E-state index in [0.29, 0.717) is 0 Å². The van der Waals surface area contributed by atoms with Gasteiger partial charge in [0.15, 0.2) is 5.82 Å². The lowest BCUT2D eigenvalue weighted by atomic mass is 9.94. The standard InChI is InChI=1S/C20H23N5S/c1-13-17-18(15-7-12-26-20(15)23-13)25(11-6-14-4-9-21-10-5-14)19(24-17)16-3-2-8-22-16/h2-3,7-8,12,14,21-22H,4-6,9-11H2,1H3. The van der Waals surface area contributed by atoms with Crippen molar-refractivity contribution in [2.24, 2.45) is 5.92 Å². The Labute approximate surface area is 156 Å². The molecule has 0 atom stereocenters. The minimum absolute atomic E-state index is 0.797. The molecule has 0 unspecified atom stereocenters. The molecular formula is C20H23N5S. The second kappa shape index (κ2) is 6.52. The van der Waals surface area contributed by atoms with Crippen molar-refractivity contribution in [1.82, 2.24) is 24.8 Å². The summed E-state index contributed by atoms with van der Waals surface area (Å²) in [6.45, 7) is 5.38. The molecular weight excluding hydrogens is 342 g/mol. The van der Waals surface area contributed by atoms with E-state index in [4.69, 9.17) is 9.97 Å². The van der Waals surface area contributed by atoms with Crippen molar-refractivity contribution in [2.75, 3.05) is 13.1 Å². The number of nitrogens with zero attached hydrogens (tertiary/aromatic N) is 3. The zero-order valence-electron chi connectivity index (χ0n) is 15.0. The SMILES string of the molecule is Cc1nc2sccc2c2c1nc(-c1ccc[nH]1)n2CCC1CCNCC1. The molecule has 0 radical (unpaired) electrons.